The van der Waals surface area contributed by atoms with Crippen molar-refractivity contribution in [2.45, 2.75) is 32.7 Å². The molecule has 1 aliphatic heterocycles. The molecular formula is C31H33N3O3. The lowest BCUT2D eigenvalue weighted by atomic mass is 9.86. The summed E-state index contributed by atoms with van der Waals surface area (Å²) >= 11 is 0. The second kappa shape index (κ2) is 10.7. The molecule has 1 saturated heterocycles. The highest BCUT2D eigenvalue weighted by molar-refractivity contribution is 6.06. The number of pyridine rings is 1. The number of hydrogen-bond donors (Lipinski definition) is 1. The molecule has 1 amide bonds. The first-order valence-corrected chi connectivity index (χ1v) is 12.7. The minimum atomic E-state index is -0.510. The number of nitrogens with one attached hydrogen (secondary N) is 1. The van der Waals surface area contributed by atoms with Crippen LogP contribution in [-0.2, 0) is 16.7 Å². The van der Waals surface area contributed by atoms with Crippen LogP contribution in [0.25, 0.3) is 21.9 Å². The molecule has 0 atom stereocenters. The fourth-order valence-electron chi connectivity index (χ4n) is 4.74. The van der Waals surface area contributed by atoms with Gasteiger partial charge in [-0.15, -0.1) is 0 Å². The molecule has 2 heterocycles. The van der Waals surface area contributed by atoms with Crippen LogP contribution in [0.4, 0.5) is 10.5 Å². The van der Waals surface area contributed by atoms with Crippen molar-refractivity contribution in [1.82, 2.24) is 9.88 Å². The third-order valence-corrected chi connectivity index (χ3v) is 6.68. The van der Waals surface area contributed by atoms with E-state index >= 15 is 0 Å². The molecule has 0 aliphatic carbocycles. The lowest BCUT2D eigenvalue weighted by molar-refractivity contribution is 0.0336. The number of aromatic nitrogens is 1. The average molecular weight is 496 g/mol. The van der Waals surface area contributed by atoms with Crippen LogP contribution in [0.1, 0.15) is 32.0 Å². The van der Waals surface area contributed by atoms with Gasteiger partial charge in [-0.1, -0.05) is 75.4 Å². The van der Waals surface area contributed by atoms with E-state index in [-0.39, 0.29) is 5.41 Å². The number of ether oxygens (including phenoxy) is 2. The minimum Gasteiger partial charge on any atom is -0.410 e. The Balaban J connectivity index is 1.36. The maximum atomic E-state index is 12.9. The Kier molecular flexibility index (Phi) is 7.22. The number of morpholine rings is 1. The summed E-state index contributed by atoms with van der Waals surface area (Å²) in [6.07, 6.45) is 1.42. The van der Waals surface area contributed by atoms with Gasteiger partial charge in [0, 0.05) is 42.3 Å². The van der Waals surface area contributed by atoms with Gasteiger partial charge in [-0.25, -0.2) is 4.79 Å². The largest absolute Gasteiger partial charge is 0.417 e. The number of carbonyl (C=O) groups is 1. The first kappa shape index (κ1) is 24.9. The first-order valence-electron chi connectivity index (χ1n) is 12.7. The average Bonchev–Trinajstić information content (AvgIpc) is 2.90. The van der Waals surface area contributed by atoms with E-state index in [1.165, 1.54) is 0 Å². The summed E-state index contributed by atoms with van der Waals surface area (Å²) in [5.41, 5.74) is 4.70. The number of amides is 1. The van der Waals surface area contributed by atoms with Gasteiger partial charge in [0.2, 0.25) is 0 Å². The van der Waals surface area contributed by atoms with Crippen LogP contribution < -0.4 is 10.1 Å². The third-order valence-electron chi connectivity index (χ3n) is 6.68. The fraction of sp³-hybridized carbons (Fsp3) is 0.290. The Bertz CT molecular complexity index is 1390. The molecule has 0 spiro atoms. The van der Waals surface area contributed by atoms with Gasteiger partial charge in [0.1, 0.15) is 5.75 Å². The molecule has 0 radical (unpaired) electrons. The predicted molar refractivity (Wildman–Crippen MR) is 148 cm³/mol. The van der Waals surface area contributed by atoms with Crippen molar-refractivity contribution in [1.29, 1.82) is 0 Å². The van der Waals surface area contributed by atoms with Crippen LogP contribution in [0.15, 0.2) is 79.0 Å². The molecule has 0 bridgehead atoms. The highest BCUT2D eigenvalue weighted by atomic mass is 16.6. The van der Waals surface area contributed by atoms with E-state index in [4.69, 9.17) is 14.5 Å². The van der Waals surface area contributed by atoms with Gasteiger partial charge in [0.05, 0.1) is 24.6 Å². The van der Waals surface area contributed by atoms with Crippen LogP contribution in [-0.4, -0.2) is 42.3 Å². The number of benzene rings is 3. The molecular weight excluding hydrogens is 462 g/mol. The molecule has 6 heteroatoms. The Morgan fingerprint density at radius 1 is 0.946 bits per heavy atom. The molecule has 1 N–H and O–H groups in total. The molecule has 1 aliphatic rings. The molecule has 0 saturated carbocycles. The zero-order valence-electron chi connectivity index (χ0n) is 21.7. The van der Waals surface area contributed by atoms with Crippen LogP contribution in [0.2, 0.25) is 0 Å². The normalized spacial score (nSPS) is 14.5. The number of hydrogen-bond acceptors (Lipinski definition) is 5. The summed E-state index contributed by atoms with van der Waals surface area (Å²) in [5.74, 6) is 0.566. The summed E-state index contributed by atoms with van der Waals surface area (Å²) in [6.45, 7) is 10.6. The molecule has 6 nitrogen and oxygen atoms in total. The Morgan fingerprint density at radius 3 is 2.41 bits per heavy atom. The van der Waals surface area contributed by atoms with Gasteiger partial charge in [-0.2, -0.15) is 0 Å². The van der Waals surface area contributed by atoms with E-state index in [0.29, 0.717) is 11.4 Å². The molecule has 1 fully saturated rings. The zero-order chi connectivity index (χ0) is 25.8. The minimum absolute atomic E-state index is 0.142. The first-order chi connectivity index (χ1) is 17.9. The van der Waals surface area contributed by atoms with Crippen molar-refractivity contribution in [3.05, 3.63) is 90.3 Å². The maximum Gasteiger partial charge on any atom is 0.417 e. The van der Waals surface area contributed by atoms with Crippen LogP contribution in [0, 0.1) is 0 Å². The van der Waals surface area contributed by atoms with Crippen molar-refractivity contribution in [3.63, 3.8) is 0 Å². The predicted octanol–water partition coefficient (Wildman–Crippen LogP) is 6.64. The summed E-state index contributed by atoms with van der Waals surface area (Å²) in [4.78, 5) is 20.0. The van der Waals surface area contributed by atoms with E-state index in [0.717, 1.165) is 66.0 Å². The zero-order valence-corrected chi connectivity index (χ0v) is 21.7. The molecule has 4 aromatic rings. The third kappa shape index (κ3) is 5.82. The number of para-hydroxylation sites is 1. The Hall–Kier alpha value is -3.74. The smallest absolute Gasteiger partial charge is 0.410 e. The van der Waals surface area contributed by atoms with E-state index in [9.17, 15) is 4.79 Å². The van der Waals surface area contributed by atoms with Crippen molar-refractivity contribution in [2.75, 3.05) is 31.6 Å². The van der Waals surface area contributed by atoms with E-state index in [1.807, 2.05) is 60.8 Å². The van der Waals surface area contributed by atoms with Gasteiger partial charge in [-0.05, 0) is 34.6 Å². The maximum absolute atomic E-state index is 12.9. The van der Waals surface area contributed by atoms with Gasteiger partial charge in [0.15, 0.2) is 0 Å². The molecule has 5 rings (SSSR count). The summed E-state index contributed by atoms with van der Waals surface area (Å²) < 4.78 is 11.2. The van der Waals surface area contributed by atoms with Crippen LogP contribution in [0.5, 0.6) is 5.75 Å². The second-order valence-corrected chi connectivity index (χ2v) is 10.4. The Morgan fingerprint density at radius 2 is 1.68 bits per heavy atom. The highest BCUT2D eigenvalue weighted by Crippen LogP contribution is 2.34. The fourth-order valence-corrected chi connectivity index (χ4v) is 4.74. The quantitative estimate of drug-likeness (QED) is 0.336. The second-order valence-electron chi connectivity index (χ2n) is 10.4. The Labute approximate surface area is 218 Å². The van der Waals surface area contributed by atoms with Crippen molar-refractivity contribution < 1.29 is 14.3 Å². The SMILES string of the molecule is CC(C)(C)c1ccccc1OC(=O)Nc1ccc(-c2ccc(CN3CCOCC3)nc2)c2ccccc12. The van der Waals surface area contributed by atoms with E-state index in [1.54, 1.807) is 0 Å². The lowest BCUT2D eigenvalue weighted by Crippen LogP contribution is -2.35. The highest BCUT2D eigenvalue weighted by Gasteiger charge is 2.20. The van der Waals surface area contributed by atoms with Crippen LogP contribution in [0.3, 0.4) is 0 Å². The van der Waals surface area contributed by atoms with E-state index in [2.05, 4.69) is 49.2 Å². The van der Waals surface area contributed by atoms with Crippen molar-refractivity contribution in [3.8, 4) is 16.9 Å². The molecule has 190 valence electrons. The number of anilines is 1. The number of carbonyl (C=O) groups excluding carboxylic acids is 1. The van der Waals surface area contributed by atoms with Gasteiger partial charge in [0.25, 0.3) is 0 Å². The van der Waals surface area contributed by atoms with E-state index < -0.39 is 6.09 Å². The van der Waals surface area contributed by atoms with Crippen LogP contribution >= 0.6 is 0 Å². The van der Waals surface area contributed by atoms with Gasteiger partial charge >= 0.3 is 6.09 Å². The van der Waals surface area contributed by atoms with Gasteiger partial charge in [-0.3, -0.25) is 15.2 Å². The van der Waals surface area contributed by atoms with Gasteiger partial charge < -0.3 is 9.47 Å². The summed E-state index contributed by atoms with van der Waals surface area (Å²) in [5, 5.41) is 4.94. The topological polar surface area (TPSA) is 63.7 Å². The molecule has 3 aromatic carbocycles. The number of fused-ring (bicyclic) bond motifs is 1. The molecule has 0 unspecified atom stereocenters. The lowest BCUT2D eigenvalue weighted by Gasteiger charge is -2.26. The number of nitrogens with zero attached hydrogens (tertiary/aromatic N) is 2. The number of rotatable bonds is 5. The molecule has 37 heavy (non-hydrogen) atoms. The standard InChI is InChI=1S/C31H33N3O3/c1-31(2,3)27-10-6-7-11-29(27)37-30(35)33-28-15-14-24(25-8-4-5-9-26(25)28)22-12-13-23(32-20-22)21-34-16-18-36-19-17-34/h4-15,20H,16-19,21H2,1-3H3,(H,33,35). The van der Waals surface area contributed by atoms with Crippen molar-refractivity contribution >= 4 is 22.6 Å². The summed E-state index contributed by atoms with van der Waals surface area (Å²) in [7, 11) is 0. The van der Waals surface area contributed by atoms with Crippen molar-refractivity contribution in [2.24, 2.45) is 0 Å². The molecule has 1 aromatic heterocycles. The summed E-state index contributed by atoms with van der Waals surface area (Å²) in [6, 6.07) is 23.9. The monoisotopic (exact) mass is 495 g/mol.